The Labute approximate surface area is 70.9 Å². The number of aromatic nitrogens is 3. The molecule has 0 spiro atoms. The molecule has 0 aromatic carbocycles. The van der Waals surface area contributed by atoms with E-state index in [1.165, 1.54) is 17.3 Å². The van der Waals surface area contributed by atoms with Gasteiger partial charge in [0.25, 0.3) is 0 Å². The molecule has 0 atom stereocenters. The Morgan fingerprint density at radius 2 is 2.33 bits per heavy atom. The summed E-state index contributed by atoms with van der Waals surface area (Å²) in [6, 6.07) is 0. The zero-order chi connectivity index (χ0) is 8.97. The number of nitrogens with zero attached hydrogens (tertiary/aromatic N) is 3. The van der Waals surface area contributed by atoms with Crippen LogP contribution in [0.25, 0.3) is 0 Å². The molecule has 4 heteroatoms. The van der Waals surface area contributed by atoms with Crippen LogP contribution >= 0.6 is 0 Å². The normalized spacial score (nSPS) is 9.50. The van der Waals surface area contributed by atoms with Crippen molar-refractivity contribution in [2.75, 3.05) is 0 Å². The van der Waals surface area contributed by atoms with Gasteiger partial charge in [-0.05, 0) is 19.9 Å². The van der Waals surface area contributed by atoms with Crippen LogP contribution in [-0.2, 0) is 11.3 Å². The number of carbonyl (C=O) groups is 1. The minimum absolute atomic E-state index is 0.0421. The zero-order valence-corrected chi connectivity index (χ0v) is 7.19. The average molecular weight is 165 g/mol. The van der Waals surface area contributed by atoms with Gasteiger partial charge in [0.05, 0.1) is 0 Å². The second kappa shape index (κ2) is 3.80. The molecule has 0 bridgehead atoms. The number of hydrogen-bond donors (Lipinski definition) is 0. The van der Waals surface area contributed by atoms with Gasteiger partial charge in [-0.3, -0.25) is 4.79 Å². The highest BCUT2D eigenvalue weighted by Crippen LogP contribution is 1.91. The standard InChI is InChI=1S/C8H11N3O/c1-7(2)3-8(12)4-11-6-9-5-10-11/h3,5-6H,4H2,1-2H3. The van der Waals surface area contributed by atoms with Crippen LogP contribution in [0.1, 0.15) is 13.8 Å². The molecule has 0 amide bonds. The largest absolute Gasteiger partial charge is 0.293 e. The first-order valence-corrected chi connectivity index (χ1v) is 3.68. The summed E-state index contributed by atoms with van der Waals surface area (Å²) < 4.78 is 1.50. The summed E-state index contributed by atoms with van der Waals surface area (Å²) >= 11 is 0. The van der Waals surface area contributed by atoms with Crippen molar-refractivity contribution in [2.24, 2.45) is 0 Å². The lowest BCUT2D eigenvalue weighted by Gasteiger charge is -1.94. The molecule has 12 heavy (non-hydrogen) atoms. The van der Waals surface area contributed by atoms with E-state index in [1.54, 1.807) is 6.08 Å². The molecule has 0 aliphatic rings. The Bertz CT molecular complexity index is 283. The molecule has 1 heterocycles. The third kappa shape index (κ3) is 2.65. The van der Waals surface area contributed by atoms with E-state index in [2.05, 4.69) is 10.1 Å². The molecule has 0 saturated heterocycles. The van der Waals surface area contributed by atoms with Crippen LogP contribution in [0.15, 0.2) is 24.3 Å². The summed E-state index contributed by atoms with van der Waals surface area (Å²) in [6.45, 7) is 4.05. The van der Waals surface area contributed by atoms with Crippen molar-refractivity contribution in [3.63, 3.8) is 0 Å². The minimum Gasteiger partial charge on any atom is -0.293 e. The Kier molecular flexibility index (Phi) is 2.74. The van der Waals surface area contributed by atoms with Gasteiger partial charge in [0.15, 0.2) is 5.78 Å². The highest BCUT2D eigenvalue weighted by atomic mass is 16.1. The molecular formula is C8H11N3O. The van der Waals surface area contributed by atoms with Crippen molar-refractivity contribution < 1.29 is 4.79 Å². The fourth-order valence-corrected chi connectivity index (χ4v) is 0.842. The first kappa shape index (κ1) is 8.64. The van der Waals surface area contributed by atoms with Gasteiger partial charge < -0.3 is 0 Å². The van der Waals surface area contributed by atoms with E-state index in [1.807, 2.05) is 13.8 Å². The zero-order valence-electron chi connectivity index (χ0n) is 7.19. The first-order valence-electron chi connectivity index (χ1n) is 3.68. The maximum atomic E-state index is 11.2. The number of rotatable bonds is 3. The lowest BCUT2D eigenvalue weighted by molar-refractivity contribution is -0.115. The van der Waals surface area contributed by atoms with Crippen molar-refractivity contribution in [1.82, 2.24) is 14.8 Å². The fraction of sp³-hybridized carbons (Fsp3) is 0.375. The maximum absolute atomic E-state index is 11.2. The third-order valence-electron chi connectivity index (χ3n) is 1.23. The molecule has 1 aromatic heterocycles. The van der Waals surface area contributed by atoms with Crippen LogP contribution in [0.5, 0.6) is 0 Å². The molecular weight excluding hydrogens is 154 g/mol. The van der Waals surface area contributed by atoms with E-state index in [4.69, 9.17) is 0 Å². The van der Waals surface area contributed by atoms with E-state index >= 15 is 0 Å². The number of hydrogen-bond acceptors (Lipinski definition) is 3. The van der Waals surface area contributed by atoms with Crippen molar-refractivity contribution in [3.8, 4) is 0 Å². The number of ketones is 1. The molecule has 1 rings (SSSR count). The van der Waals surface area contributed by atoms with Crippen molar-refractivity contribution in [2.45, 2.75) is 20.4 Å². The number of allylic oxidation sites excluding steroid dienone is 2. The lowest BCUT2D eigenvalue weighted by atomic mass is 10.2. The quantitative estimate of drug-likeness (QED) is 0.623. The van der Waals surface area contributed by atoms with Crippen molar-refractivity contribution in [1.29, 1.82) is 0 Å². The molecule has 1 aromatic rings. The monoisotopic (exact) mass is 165 g/mol. The van der Waals surface area contributed by atoms with E-state index in [0.29, 0.717) is 0 Å². The van der Waals surface area contributed by atoms with Gasteiger partial charge in [-0.15, -0.1) is 0 Å². The van der Waals surface area contributed by atoms with Crippen molar-refractivity contribution in [3.05, 3.63) is 24.3 Å². The predicted octanol–water partition coefficient (Wildman–Crippen LogP) is 0.813. The van der Waals surface area contributed by atoms with Gasteiger partial charge in [0, 0.05) is 0 Å². The maximum Gasteiger partial charge on any atom is 0.177 e. The van der Waals surface area contributed by atoms with Crippen LogP contribution in [0.3, 0.4) is 0 Å². The smallest absolute Gasteiger partial charge is 0.177 e. The van der Waals surface area contributed by atoms with Crippen LogP contribution in [0, 0.1) is 0 Å². The highest BCUT2D eigenvalue weighted by Gasteiger charge is 1.98. The molecule has 0 radical (unpaired) electrons. The summed E-state index contributed by atoms with van der Waals surface area (Å²) in [4.78, 5) is 14.9. The molecule has 4 nitrogen and oxygen atoms in total. The summed E-state index contributed by atoms with van der Waals surface area (Å²) in [6.07, 6.45) is 4.54. The fourth-order valence-electron chi connectivity index (χ4n) is 0.842. The van der Waals surface area contributed by atoms with E-state index in [0.717, 1.165) is 5.57 Å². The first-order chi connectivity index (χ1) is 5.68. The Hall–Kier alpha value is -1.45. The highest BCUT2D eigenvalue weighted by molar-refractivity contribution is 5.89. The van der Waals surface area contributed by atoms with Crippen molar-refractivity contribution >= 4 is 5.78 Å². The van der Waals surface area contributed by atoms with Gasteiger partial charge in [-0.1, -0.05) is 5.57 Å². The van der Waals surface area contributed by atoms with Gasteiger partial charge in [-0.25, -0.2) is 9.67 Å². The third-order valence-corrected chi connectivity index (χ3v) is 1.23. The minimum atomic E-state index is 0.0421. The summed E-state index contributed by atoms with van der Waals surface area (Å²) in [5, 5.41) is 3.82. The second-order valence-corrected chi connectivity index (χ2v) is 2.78. The van der Waals surface area contributed by atoms with Crippen LogP contribution in [-0.4, -0.2) is 20.5 Å². The van der Waals surface area contributed by atoms with Gasteiger partial charge >= 0.3 is 0 Å². The lowest BCUT2D eigenvalue weighted by Crippen LogP contribution is -2.07. The Morgan fingerprint density at radius 1 is 1.58 bits per heavy atom. The van der Waals surface area contributed by atoms with Crippen LogP contribution < -0.4 is 0 Å². The molecule has 64 valence electrons. The van der Waals surface area contributed by atoms with E-state index < -0.39 is 0 Å². The summed E-state index contributed by atoms with van der Waals surface area (Å²) in [5.74, 6) is 0.0421. The molecule has 0 unspecified atom stereocenters. The van der Waals surface area contributed by atoms with E-state index in [-0.39, 0.29) is 12.3 Å². The van der Waals surface area contributed by atoms with Gasteiger partial charge in [-0.2, -0.15) is 5.10 Å². The SMILES string of the molecule is CC(C)=CC(=O)Cn1cncn1. The Balaban J connectivity index is 2.54. The van der Waals surface area contributed by atoms with Gasteiger partial charge in [0.1, 0.15) is 19.2 Å². The predicted molar refractivity (Wildman–Crippen MR) is 44.5 cm³/mol. The van der Waals surface area contributed by atoms with Gasteiger partial charge in [0.2, 0.25) is 0 Å². The average Bonchev–Trinajstić information content (AvgIpc) is 2.37. The molecule has 0 N–H and O–H groups in total. The molecule has 0 saturated carbocycles. The molecule has 0 fully saturated rings. The summed E-state index contributed by atoms with van der Waals surface area (Å²) in [7, 11) is 0. The molecule has 0 aliphatic heterocycles. The topological polar surface area (TPSA) is 47.8 Å². The van der Waals surface area contributed by atoms with Crippen LogP contribution in [0.2, 0.25) is 0 Å². The van der Waals surface area contributed by atoms with E-state index in [9.17, 15) is 4.79 Å². The summed E-state index contributed by atoms with van der Waals surface area (Å²) in [5.41, 5.74) is 1.00. The molecule has 0 aliphatic carbocycles. The Morgan fingerprint density at radius 3 is 2.83 bits per heavy atom. The number of carbonyl (C=O) groups excluding carboxylic acids is 1. The van der Waals surface area contributed by atoms with Crippen LogP contribution in [0.4, 0.5) is 0 Å². The second-order valence-electron chi connectivity index (χ2n) is 2.78.